The number of aryl methyl sites for hydroxylation is 1. The Morgan fingerprint density at radius 3 is 2.74 bits per heavy atom. The van der Waals surface area contributed by atoms with Crippen LogP contribution in [0, 0.1) is 5.92 Å². The van der Waals surface area contributed by atoms with E-state index in [0.29, 0.717) is 23.4 Å². The van der Waals surface area contributed by atoms with E-state index in [0.717, 1.165) is 54.2 Å². The van der Waals surface area contributed by atoms with Gasteiger partial charge in [-0.25, -0.2) is 19.9 Å². The van der Waals surface area contributed by atoms with Gasteiger partial charge in [0, 0.05) is 25.0 Å². The second kappa shape index (κ2) is 10.2. The van der Waals surface area contributed by atoms with E-state index in [4.69, 9.17) is 15.5 Å². The molecule has 0 spiro atoms. The minimum Gasteiger partial charge on any atom is -0.382 e. The molecule has 0 unspecified atom stereocenters. The van der Waals surface area contributed by atoms with E-state index in [1.807, 2.05) is 4.57 Å². The molecule has 2 fully saturated rings. The molecule has 2 atom stereocenters. The number of benzene rings is 1. The Morgan fingerprint density at radius 2 is 1.97 bits per heavy atom. The molecule has 0 bridgehead atoms. The Kier molecular flexibility index (Phi) is 6.83. The Bertz CT molecular complexity index is 1440. The van der Waals surface area contributed by atoms with Crippen molar-refractivity contribution in [3.8, 4) is 0 Å². The maximum absolute atomic E-state index is 6.51. The van der Waals surface area contributed by atoms with Crippen LogP contribution in [0.1, 0.15) is 84.3 Å². The molecule has 6 rings (SSSR count). The van der Waals surface area contributed by atoms with E-state index < -0.39 is 0 Å². The number of aromatic amines is 1. The predicted molar refractivity (Wildman–Crippen MR) is 154 cm³/mol. The summed E-state index contributed by atoms with van der Waals surface area (Å²) in [4.78, 5) is 24.0. The first kappa shape index (κ1) is 26.2. The summed E-state index contributed by atoms with van der Waals surface area (Å²) in [5.41, 5.74) is 11.1. The lowest BCUT2D eigenvalue weighted by Crippen LogP contribution is -2.50. The van der Waals surface area contributed by atoms with Crippen molar-refractivity contribution in [2.75, 3.05) is 12.3 Å². The fourth-order valence-corrected chi connectivity index (χ4v) is 6.31. The molecule has 0 amide bonds. The summed E-state index contributed by atoms with van der Waals surface area (Å²) in [6.07, 6.45) is 10.1. The molecule has 2 aliphatic rings. The van der Waals surface area contributed by atoms with Crippen LogP contribution in [0.15, 0.2) is 30.9 Å². The van der Waals surface area contributed by atoms with Gasteiger partial charge in [-0.05, 0) is 75.0 Å². The molecular weight excluding hydrogens is 488 g/mol. The van der Waals surface area contributed by atoms with Gasteiger partial charge in [0.25, 0.3) is 0 Å². The van der Waals surface area contributed by atoms with E-state index in [1.54, 1.807) is 6.33 Å². The summed E-state index contributed by atoms with van der Waals surface area (Å²) < 4.78 is 8.52. The van der Waals surface area contributed by atoms with Gasteiger partial charge in [0.2, 0.25) is 0 Å². The zero-order valence-corrected chi connectivity index (χ0v) is 23.9. The molecular formula is C30H42N8O. The number of nitrogens with two attached hydrogens (primary N) is 1. The maximum Gasteiger partial charge on any atom is 0.167 e. The van der Waals surface area contributed by atoms with E-state index in [1.165, 1.54) is 31.2 Å². The summed E-state index contributed by atoms with van der Waals surface area (Å²) in [5.74, 6) is 2.28. The van der Waals surface area contributed by atoms with Crippen LogP contribution >= 0.6 is 0 Å². The molecule has 0 radical (unpaired) electrons. The van der Waals surface area contributed by atoms with E-state index in [2.05, 4.69) is 77.7 Å². The van der Waals surface area contributed by atoms with Crippen molar-refractivity contribution in [2.24, 2.45) is 5.92 Å². The van der Waals surface area contributed by atoms with Crippen molar-refractivity contribution in [1.82, 2.24) is 34.4 Å². The van der Waals surface area contributed by atoms with E-state index in [9.17, 15) is 0 Å². The molecule has 1 aliphatic heterocycles. The number of aromatic nitrogens is 6. The van der Waals surface area contributed by atoms with Gasteiger partial charge in [-0.15, -0.1) is 0 Å². The molecule has 4 aromatic rings. The lowest BCUT2D eigenvalue weighted by atomic mass is 9.76. The highest BCUT2D eigenvalue weighted by atomic mass is 16.5. The van der Waals surface area contributed by atoms with Crippen molar-refractivity contribution < 1.29 is 4.74 Å². The van der Waals surface area contributed by atoms with Gasteiger partial charge in [-0.1, -0.05) is 26.8 Å². The van der Waals surface area contributed by atoms with Crippen molar-refractivity contribution in [1.29, 1.82) is 0 Å². The van der Waals surface area contributed by atoms with Gasteiger partial charge in [0.15, 0.2) is 11.5 Å². The molecule has 1 aliphatic carbocycles. The summed E-state index contributed by atoms with van der Waals surface area (Å²) >= 11 is 0. The minimum atomic E-state index is -0.0549. The number of fused-ring (bicyclic) bond motifs is 2. The van der Waals surface area contributed by atoms with Crippen LogP contribution in [0.2, 0.25) is 0 Å². The van der Waals surface area contributed by atoms with Crippen LogP contribution in [-0.4, -0.2) is 59.1 Å². The number of nitrogen functional groups attached to an aromatic ring is 1. The normalized spacial score (nSPS) is 23.9. The highest BCUT2D eigenvalue weighted by molar-refractivity contribution is 5.81. The van der Waals surface area contributed by atoms with E-state index in [-0.39, 0.29) is 17.7 Å². The summed E-state index contributed by atoms with van der Waals surface area (Å²) in [6, 6.07) is 7.76. The molecule has 208 valence electrons. The smallest absolute Gasteiger partial charge is 0.167 e. The Balaban J connectivity index is 1.01. The first-order valence-electron chi connectivity index (χ1n) is 14.5. The molecule has 4 heterocycles. The zero-order valence-electron chi connectivity index (χ0n) is 23.9. The molecule has 1 aromatic carbocycles. The molecule has 1 saturated heterocycles. The van der Waals surface area contributed by atoms with Crippen molar-refractivity contribution in [3.05, 3.63) is 42.2 Å². The quantitative estimate of drug-likeness (QED) is 0.315. The lowest BCUT2D eigenvalue weighted by molar-refractivity contribution is -0.0393. The first-order valence-corrected chi connectivity index (χ1v) is 14.5. The van der Waals surface area contributed by atoms with Crippen LogP contribution < -0.4 is 5.73 Å². The SMILES string of the molecule is CC(C)N(C[C@@H]1CC[C@H](n2cnc3c(N)ncnc32)O1)[C@H]1C[C@@H](CCc2nc3cc(C(C)(C)C)ccc3[nH]2)C1. The third-order valence-corrected chi connectivity index (χ3v) is 8.73. The van der Waals surface area contributed by atoms with Gasteiger partial charge >= 0.3 is 0 Å². The highest BCUT2D eigenvalue weighted by Gasteiger charge is 2.37. The first-order chi connectivity index (χ1) is 18.7. The van der Waals surface area contributed by atoms with Gasteiger partial charge in [0.05, 0.1) is 23.5 Å². The van der Waals surface area contributed by atoms with Crippen LogP contribution in [0.5, 0.6) is 0 Å². The largest absolute Gasteiger partial charge is 0.382 e. The number of H-pyrrole nitrogens is 1. The Hall–Kier alpha value is -3.04. The van der Waals surface area contributed by atoms with Gasteiger partial charge in [0.1, 0.15) is 23.9 Å². The lowest BCUT2D eigenvalue weighted by Gasteiger charge is -2.46. The zero-order chi connectivity index (χ0) is 27.3. The third-order valence-electron chi connectivity index (χ3n) is 8.73. The topological polar surface area (TPSA) is 111 Å². The summed E-state index contributed by atoms with van der Waals surface area (Å²) in [7, 11) is 0. The number of imidazole rings is 2. The fraction of sp³-hybridized carbons (Fsp3) is 0.600. The average molecular weight is 531 g/mol. The number of nitrogens with one attached hydrogen (secondary N) is 1. The van der Waals surface area contributed by atoms with Crippen LogP contribution in [-0.2, 0) is 16.6 Å². The molecule has 39 heavy (non-hydrogen) atoms. The number of hydrogen-bond donors (Lipinski definition) is 2. The van der Waals surface area contributed by atoms with E-state index >= 15 is 0 Å². The molecule has 9 nitrogen and oxygen atoms in total. The molecule has 9 heteroatoms. The molecule has 1 saturated carbocycles. The number of rotatable bonds is 8. The van der Waals surface area contributed by atoms with Gasteiger partial charge in [-0.2, -0.15) is 0 Å². The van der Waals surface area contributed by atoms with Crippen molar-refractivity contribution in [2.45, 2.75) is 103 Å². The van der Waals surface area contributed by atoms with Gasteiger partial charge < -0.3 is 15.5 Å². The third kappa shape index (κ3) is 5.26. The number of hydrogen-bond acceptors (Lipinski definition) is 7. The monoisotopic (exact) mass is 530 g/mol. The second-order valence-electron chi connectivity index (χ2n) is 12.9. The average Bonchev–Trinajstić information content (AvgIpc) is 3.59. The number of anilines is 1. The van der Waals surface area contributed by atoms with Crippen molar-refractivity contribution in [3.63, 3.8) is 0 Å². The van der Waals surface area contributed by atoms with Crippen molar-refractivity contribution >= 4 is 28.0 Å². The minimum absolute atomic E-state index is 0.0549. The number of nitrogens with zero attached hydrogens (tertiary/aromatic N) is 6. The molecule has 3 aromatic heterocycles. The standard InChI is InChI=1S/C30H42N8O/c1-18(2)37(15-22-8-11-26(39-22)38-17-34-27-28(31)32-16-33-29(27)38)21-12-19(13-21)6-10-25-35-23-9-7-20(30(3,4)5)14-24(23)36-25/h7,9,14,16-19,21-22,26H,6,8,10-13,15H2,1-5H3,(H,35,36)(H2,31,32,33)/t19-,21+,22-,26+/m0/s1. The summed E-state index contributed by atoms with van der Waals surface area (Å²) in [6.45, 7) is 12.3. The van der Waals surface area contributed by atoms with Gasteiger partial charge in [-0.3, -0.25) is 9.47 Å². The number of ether oxygens (including phenoxy) is 1. The van der Waals surface area contributed by atoms with Crippen LogP contribution in [0.4, 0.5) is 5.82 Å². The molecule has 3 N–H and O–H groups in total. The maximum atomic E-state index is 6.51. The predicted octanol–water partition coefficient (Wildman–Crippen LogP) is 5.38. The highest BCUT2D eigenvalue weighted by Crippen LogP contribution is 2.38. The second-order valence-corrected chi connectivity index (χ2v) is 12.9. The fourth-order valence-electron chi connectivity index (χ4n) is 6.31. The van der Waals surface area contributed by atoms with Crippen LogP contribution in [0.25, 0.3) is 22.2 Å². The Morgan fingerprint density at radius 1 is 1.15 bits per heavy atom. The summed E-state index contributed by atoms with van der Waals surface area (Å²) in [5, 5.41) is 0. The van der Waals surface area contributed by atoms with Crippen LogP contribution in [0.3, 0.4) is 0 Å². The Labute approximate surface area is 230 Å².